The molecule has 0 saturated carbocycles. The second-order valence-electron chi connectivity index (χ2n) is 3.19. The van der Waals surface area contributed by atoms with Gasteiger partial charge in [0.2, 0.25) is 0 Å². The van der Waals surface area contributed by atoms with E-state index >= 15 is 0 Å². The van der Waals surface area contributed by atoms with Crippen molar-refractivity contribution in [1.82, 2.24) is 4.98 Å². The smallest absolute Gasteiger partial charge is 0.0746 e. The first-order valence-electron chi connectivity index (χ1n) is 4.11. The van der Waals surface area contributed by atoms with Crippen molar-refractivity contribution >= 4 is 22.5 Å². The van der Waals surface area contributed by atoms with Gasteiger partial charge in [0.15, 0.2) is 0 Å². The maximum atomic E-state index is 6.01. The minimum Gasteiger partial charge on any atom is -0.255 e. The van der Waals surface area contributed by atoms with Crippen molar-refractivity contribution in [2.24, 2.45) is 0 Å². The number of aryl methyl sites for hydroxylation is 2. The van der Waals surface area contributed by atoms with Gasteiger partial charge in [-0.05, 0) is 25.5 Å². The summed E-state index contributed by atoms with van der Waals surface area (Å²) in [6.07, 6.45) is 1.62. The molecule has 1 radical (unpaired) electrons. The number of aromatic nitrogens is 1. The molecule has 65 valence electrons. The lowest BCUT2D eigenvalue weighted by molar-refractivity contribution is 1.34. The van der Waals surface area contributed by atoms with Crippen LogP contribution >= 0.6 is 11.6 Å². The Morgan fingerprint density at radius 3 is 2.85 bits per heavy atom. The van der Waals surface area contributed by atoms with Crippen LogP contribution in [0, 0.1) is 19.9 Å². The molecular formula is C11H9ClN. The maximum Gasteiger partial charge on any atom is 0.0746 e. The van der Waals surface area contributed by atoms with Crippen molar-refractivity contribution in [2.75, 3.05) is 0 Å². The van der Waals surface area contributed by atoms with E-state index in [4.69, 9.17) is 11.6 Å². The average molecular weight is 191 g/mol. The zero-order valence-corrected chi connectivity index (χ0v) is 8.31. The van der Waals surface area contributed by atoms with Crippen molar-refractivity contribution in [3.05, 3.63) is 40.5 Å². The van der Waals surface area contributed by atoms with Crippen LogP contribution in [0.4, 0.5) is 0 Å². The van der Waals surface area contributed by atoms with Crippen LogP contribution in [0.2, 0.25) is 5.02 Å². The highest BCUT2D eigenvalue weighted by Crippen LogP contribution is 2.24. The molecule has 13 heavy (non-hydrogen) atoms. The lowest BCUT2D eigenvalue weighted by atomic mass is 10.1. The molecule has 0 spiro atoms. The highest BCUT2D eigenvalue weighted by atomic mass is 35.5. The zero-order chi connectivity index (χ0) is 9.42. The van der Waals surface area contributed by atoms with Gasteiger partial charge in [0.25, 0.3) is 0 Å². The van der Waals surface area contributed by atoms with Crippen LogP contribution in [-0.4, -0.2) is 4.98 Å². The molecule has 0 aliphatic rings. The summed E-state index contributed by atoms with van der Waals surface area (Å²) in [6.45, 7) is 4.09. The molecular weight excluding hydrogens is 182 g/mol. The van der Waals surface area contributed by atoms with Crippen LogP contribution < -0.4 is 0 Å². The molecule has 1 aromatic heterocycles. The molecule has 0 aliphatic carbocycles. The van der Waals surface area contributed by atoms with Crippen LogP contribution in [0.3, 0.4) is 0 Å². The highest BCUT2D eigenvalue weighted by Gasteiger charge is 2.02. The van der Waals surface area contributed by atoms with Crippen LogP contribution in [0.1, 0.15) is 11.1 Å². The van der Waals surface area contributed by atoms with E-state index in [-0.39, 0.29) is 0 Å². The molecule has 0 unspecified atom stereocenters. The molecule has 0 aliphatic heterocycles. The number of nitrogens with zero attached hydrogens (tertiary/aromatic N) is 1. The Morgan fingerprint density at radius 2 is 2.08 bits per heavy atom. The fourth-order valence-electron chi connectivity index (χ4n) is 1.53. The summed E-state index contributed by atoms with van der Waals surface area (Å²) in [5.41, 5.74) is 3.33. The van der Waals surface area contributed by atoms with Crippen molar-refractivity contribution in [3.8, 4) is 0 Å². The molecule has 0 saturated heterocycles. The third-order valence-electron chi connectivity index (χ3n) is 2.07. The van der Waals surface area contributed by atoms with E-state index in [1.807, 2.05) is 13.0 Å². The van der Waals surface area contributed by atoms with Gasteiger partial charge in [-0.2, -0.15) is 0 Å². The number of pyridine rings is 1. The third kappa shape index (κ3) is 1.40. The summed E-state index contributed by atoms with van der Waals surface area (Å²) in [5.74, 6) is 0. The van der Waals surface area contributed by atoms with E-state index in [0.29, 0.717) is 5.02 Å². The van der Waals surface area contributed by atoms with Crippen molar-refractivity contribution in [2.45, 2.75) is 13.8 Å². The highest BCUT2D eigenvalue weighted by molar-refractivity contribution is 6.35. The average Bonchev–Trinajstić information content (AvgIpc) is 2.07. The van der Waals surface area contributed by atoms with Gasteiger partial charge in [-0.3, -0.25) is 4.98 Å². The molecule has 1 aromatic carbocycles. The SMILES string of the molecule is Cc1cc(C)c2nc[c]c(Cl)c2c1. The summed E-state index contributed by atoms with van der Waals surface area (Å²) in [7, 11) is 0. The number of hydrogen-bond acceptors (Lipinski definition) is 1. The monoisotopic (exact) mass is 190 g/mol. The Kier molecular flexibility index (Phi) is 1.97. The van der Waals surface area contributed by atoms with Gasteiger partial charge >= 0.3 is 0 Å². The Morgan fingerprint density at radius 1 is 1.31 bits per heavy atom. The van der Waals surface area contributed by atoms with Gasteiger partial charge in [-0.25, -0.2) is 0 Å². The first kappa shape index (κ1) is 8.52. The van der Waals surface area contributed by atoms with E-state index in [0.717, 1.165) is 16.5 Å². The number of fused-ring (bicyclic) bond motifs is 1. The van der Waals surface area contributed by atoms with Crippen LogP contribution in [-0.2, 0) is 0 Å². The number of rotatable bonds is 0. The topological polar surface area (TPSA) is 12.9 Å². The van der Waals surface area contributed by atoms with E-state index in [2.05, 4.69) is 24.0 Å². The van der Waals surface area contributed by atoms with Gasteiger partial charge in [-0.1, -0.05) is 23.2 Å². The molecule has 2 heteroatoms. The van der Waals surface area contributed by atoms with E-state index in [1.54, 1.807) is 6.20 Å². The van der Waals surface area contributed by atoms with Crippen LogP contribution in [0.5, 0.6) is 0 Å². The molecule has 1 nitrogen and oxygen atoms in total. The molecule has 0 fully saturated rings. The summed E-state index contributed by atoms with van der Waals surface area (Å²) in [4.78, 5) is 4.24. The van der Waals surface area contributed by atoms with Crippen molar-refractivity contribution < 1.29 is 0 Å². The standard InChI is InChI=1S/C11H9ClN/c1-7-5-8(2)11-9(6-7)10(12)3-4-13-11/h4-6H,1-2H3. The maximum absolute atomic E-state index is 6.01. The quantitative estimate of drug-likeness (QED) is 0.621. The molecule has 0 amide bonds. The fraction of sp³-hybridized carbons (Fsp3) is 0.182. The minimum atomic E-state index is 0.650. The Bertz CT molecular complexity index is 463. The van der Waals surface area contributed by atoms with Gasteiger partial charge in [0.05, 0.1) is 10.5 Å². The minimum absolute atomic E-state index is 0.650. The summed E-state index contributed by atoms with van der Waals surface area (Å²) < 4.78 is 0. The molecule has 0 N–H and O–H groups in total. The Hall–Kier alpha value is -1.08. The zero-order valence-electron chi connectivity index (χ0n) is 7.56. The van der Waals surface area contributed by atoms with Crippen molar-refractivity contribution in [1.29, 1.82) is 0 Å². The fourth-order valence-corrected chi connectivity index (χ4v) is 1.72. The van der Waals surface area contributed by atoms with Gasteiger partial charge in [0, 0.05) is 17.6 Å². The second kappa shape index (κ2) is 3.00. The van der Waals surface area contributed by atoms with Crippen LogP contribution in [0.25, 0.3) is 10.9 Å². The summed E-state index contributed by atoms with van der Waals surface area (Å²) >= 11 is 6.01. The normalized spacial score (nSPS) is 10.7. The van der Waals surface area contributed by atoms with Crippen LogP contribution in [0.15, 0.2) is 18.3 Å². The molecule has 0 bridgehead atoms. The number of benzene rings is 1. The van der Waals surface area contributed by atoms with E-state index in [9.17, 15) is 0 Å². The summed E-state index contributed by atoms with van der Waals surface area (Å²) in [5, 5.41) is 1.64. The van der Waals surface area contributed by atoms with Gasteiger partial charge < -0.3 is 0 Å². The Balaban J connectivity index is 2.94. The molecule has 1 heterocycles. The van der Waals surface area contributed by atoms with Gasteiger partial charge in [0.1, 0.15) is 0 Å². The Labute approximate surface area is 82.4 Å². The number of halogens is 1. The lowest BCUT2D eigenvalue weighted by Gasteiger charge is -2.03. The molecule has 2 aromatic rings. The summed E-state index contributed by atoms with van der Waals surface area (Å²) in [6, 6.07) is 7.02. The number of hydrogen-bond donors (Lipinski definition) is 0. The third-order valence-corrected chi connectivity index (χ3v) is 2.38. The second-order valence-corrected chi connectivity index (χ2v) is 3.57. The molecule has 0 atom stereocenters. The largest absolute Gasteiger partial charge is 0.255 e. The first-order chi connectivity index (χ1) is 6.18. The predicted molar refractivity (Wildman–Crippen MR) is 55.1 cm³/mol. The van der Waals surface area contributed by atoms with E-state index in [1.165, 1.54) is 5.56 Å². The predicted octanol–water partition coefficient (Wildman–Crippen LogP) is 3.31. The van der Waals surface area contributed by atoms with Gasteiger partial charge in [-0.15, -0.1) is 0 Å². The lowest BCUT2D eigenvalue weighted by Crippen LogP contribution is -1.85. The molecule has 2 rings (SSSR count). The first-order valence-corrected chi connectivity index (χ1v) is 4.49. The van der Waals surface area contributed by atoms with Crippen molar-refractivity contribution in [3.63, 3.8) is 0 Å². The van der Waals surface area contributed by atoms with E-state index < -0.39 is 0 Å².